The van der Waals surface area contributed by atoms with Crippen LogP contribution in [0.25, 0.3) is 0 Å². The third-order valence-corrected chi connectivity index (χ3v) is 6.70. The van der Waals surface area contributed by atoms with Crippen LogP contribution >= 0.6 is 0 Å². The monoisotopic (exact) mass is 415 g/mol. The Morgan fingerprint density at radius 2 is 1.86 bits per heavy atom. The summed E-state index contributed by atoms with van der Waals surface area (Å²) in [7, 11) is -3.25. The Kier molecular flexibility index (Phi) is 9.65. The Morgan fingerprint density at radius 1 is 1.21 bits per heavy atom. The van der Waals surface area contributed by atoms with Crippen molar-refractivity contribution in [2.45, 2.75) is 39.5 Å². The van der Waals surface area contributed by atoms with Crippen molar-refractivity contribution in [3.05, 3.63) is 50.1 Å². The Balaban J connectivity index is 2.83. The predicted molar refractivity (Wildman–Crippen MR) is 101 cm³/mol. The number of non-ortho nitro benzene ring substituents is 1. The summed E-state index contributed by atoms with van der Waals surface area (Å²) in [5.74, 6) is -0.558. The Bertz CT molecular complexity index is 682. The van der Waals surface area contributed by atoms with Crippen LogP contribution in [-0.4, -0.2) is 50.5 Å². The molecule has 156 valence electrons. The lowest BCUT2D eigenvalue weighted by Gasteiger charge is -2.31. The molecule has 0 fully saturated rings. The lowest BCUT2D eigenvalue weighted by atomic mass is 10.2. The third kappa shape index (κ3) is 7.68. The molecule has 1 atom stereocenters. The van der Waals surface area contributed by atoms with Crippen LogP contribution in [-0.2, 0) is 13.3 Å². The molecule has 1 aromatic rings. The fraction of sp³-hybridized carbons (Fsp3) is 0.562. The van der Waals surface area contributed by atoms with Crippen molar-refractivity contribution in [1.82, 2.24) is 5.32 Å². The van der Waals surface area contributed by atoms with E-state index in [0.29, 0.717) is 0 Å². The molecule has 0 bridgehead atoms. The molecule has 0 aliphatic heterocycles. The molecule has 0 radical (unpaired) electrons. The number of nitrogens with zero attached hydrogens (tertiary/aromatic N) is 2. The number of amides is 1. The van der Waals surface area contributed by atoms with E-state index in [0.717, 1.165) is 6.07 Å². The number of hydrogen-bond acceptors (Lipinski definition) is 8. The Hall–Kier alpha value is -2.41. The van der Waals surface area contributed by atoms with E-state index >= 15 is 0 Å². The van der Waals surface area contributed by atoms with Crippen LogP contribution < -0.4 is 5.32 Å². The van der Waals surface area contributed by atoms with Crippen molar-refractivity contribution in [3.8, 4) is 0 Å². The maximum atomic E-state index is 12.4. The molecule has 1 aromatic carbocycles. The van der Waals surface area contributed by atoms with Gasteiger partial charge in [-0.25, -0.2) is 0 Å². The normalized spacial score (nSPS) is 12.4. The van der Waals surface area contributed by atoms with E-state index < -0.39 is 30.8 Å². The zero-order valence-electron chi connectivity index (χ0n) is 16.1. The molecule has 0 saturated carbocycles. The first-order valence-electron chi connectivity index (χ1n) is 8.85. The Labute approximate surface area is 163 Å². The molecule has 0 saturated heterocycles. The second kappa shape index (κ2) is 11.4. The fourth-order valence-corrected chi connectivity index (χ4v) is 5.20. The van der Waals surface area contributed by atoms with Gasteiger partial charge in [0.1, 0.15) is 6.23 Å². The Morgan fingerprint density at radius 3 is 2.39 bits per heavy atom. The molecule has 1 rings (SSSR count). The lowest BCUT2D eigenvalue weighted by molar-refractivity contribution is -0.479. The first-order valence-corrected chi connectivity index (χ1v) is 10.8. The SMILES string of the molecule is CCO[Si](CCC[N+](=O)[O-])(OCC)OC(C)NC(=O)c1cccc([N+](=O)[O-])c1. The fourth-order valence-electron chi connectivity index (χ4n) is 2.50. The molecule has 12 heteroatoms. The molecular weight excluding hydrogens is 390 g/mol. The highest BCUT2D eigenvalue weighted by molar-refractivity contribution is 6.60. The molecule has 1 unspecified atom stereocenters. The number of nitro benzene ring substituents is 1. The predicted octanol–water partition coefficient (Wildman–Crippen LogP) is 2.37. The van der Waals surface area contributed by atoms with Crippen LogP contribution in [0.15, 0.2) is 24.3 Å². The standard InChI is InChI=1S/C16H25N3O8Si/c1-4-25-28(26-5-2,11-7-10-18(21)22)27-13(3)17-16(20)14-8-6-9-15(12-14)19(23)24/h6,8-9,12-13H,4-5,7,10-11H2,1-3H3,(H,17,20). The van der Waals surface area contributed by atoms with Crippen LogP contribution in [0.3, 0.4) is 0 Å². The maximum absolute atomic E-state index is 12.4. The summed E-state index contributed by atoms with van der Waals surface area (Å²) in [5.41, 5.74) is -0.0913. The van der Waals surface area contributed by atoms with Gasteiger partial charge in [0.15, 0.2) is 0 Å². The van der Waals surface area contributed by atoms with Crippen molar-refractivity contribution in [2.75, 3.05) is 19.8 Å². The smallest absolute Gasteiger partial charge is 0.374 e. The summed E-state index contributed by atoms with van der Waals surface area (Å²) in [6.45, 7) is 5.41. The molecule has 11 nitrogen and oxygen atoms in total. The number of benzene rings is 1. The van der Waals surface area contributed by atoms with E-state index in [1.807, 2.05) is 0 Å². The molecule has 1 N–H and O–H groups in total. The molecule has 0 aliphatic rings. The average Bonchev–Trinajstić information content (AvgIpc) is 2.61. The van der Waals surface area contributed by atoms with Gasteiger partial charge in [0.25, 0.3) is 11.6 Å². The topological polar surface area (TPSA) is 143 Å². The quantitative estimate of drug-likeness (QED) is 0.224. The van der Waals surface area contributed by atoms with Gasteiger partial charge in [0, 0.05) is 48.3 Å². The largest absolute Gasteiger partial charge is 0.502 e. The van der Waals surface area contributed by atoms with E-state index in [1.165, 1.54) is 18.2 Å². The number of carbonyl (C=O) groups is 1. The molecule has 28 heavy (non-hydrogen) atoms. The summed E-state index contributed by atoms with van der Waals surface area (Å²) in [6, 6.07) is 5.53. The van der Waals surface area contributed by atoms with E-state index in [2.05, 4.69) is 5.32 Å². The number of nitrogens with one attached hydrogen (secondary N) is 1. The summed E-state index contributed by atoms with van der Waals surface area (Å²) in [5, 5.41) is 24.0. The molecule has 0 aliphatic carbocycles. The van der Waals surface area contributed by atoms with Crippen molar-refractivity contribution in [3.63, 3.8) is 0 Å². The second-order valence-corrected chi connectivity index (χ2v) is 8.43. The van der Waals surface area contributed by atoms with Crippen molar-refractivity contribution < 1.29 is 27.9 Å². The summed E-state index contributed by atoms with van der Waals surface area (Å²) in [4.78, 5) is 32.8. The zero-order valence-corrected chi connectivity index (χ0v) is 17.1. The van der Waals surface area contributed by atoms with Crippen LogP contribution in [0.5, 0.6) is 0 Å². The van der Waals surface area contributed by atoms with Gasteiger partial charge in [0.2, 0.25) is 6.54 Å². The van der Waals surface area contributed by atoms with E-state index in [9.17, 15) is 25.0 Å². The molecule has 0 heterocycles. The van der Waals surface area contributed by atoms with Gasteiger partial charge in [0.05, 0.1) is 4.92 Å². The van der Waals surface area contributed by atoms with Gasteiger partial charge < -0.3 is 18.6 Å². The molecule has 1 amide bonds. The number of hydrogen-bond donors (Lipinski definition) is 1. The van der Waals surface area contributed by atoms with E-state index in [-0.39, 0.29) is 43.5 Å². The lowest BCUT2D eigenvalue weighted by Crippen LogP contribution is -2.52. The van der Waals surface area contributed by atoms with E-state index in [4.69, 9.17) is 13.3 Å². The average molecular weight is 415 g/mol. The summed E-state index contributed by atoms with van der Waals surface area (Å²) >= 11 is 0. The van der Waals surface area contributed by atoms with Gasteiger partial charge in [-0.15, -0.1) is 0 Å². The summed E-state index contributed by atoms with van der Waals surface area (Å²) in [6.07, 6.45) is -0.614. The summed E-state index contributed by atoms with van der Waals surface area (Å²) < 4.78 is 17.3. The minimum atomic E-state index is -3.25. The van der Waals surface area contributed by atoms with Crippen LogP contribution in [0.2, 0.25) is 6.04 Å². The number of nitro groups is 2. The van der Waals surface area contributed by atoms with Crippen LogP contribution in [0, 0.1) is 20.2 Å². The van der Waals surface area contributed by atoms with E-state index in [1.54, 1.807) is 20.8 Å². The van der Waals surface area contributed by atoms with Crippen LogP contribution in [0.1, 0.15) is 37.6 Å². The van der Waals surface area contributed by atoms with Crippen LogP contribution in [0.4, 0.5) is 5.69 Å². The van der Waals surface area contributed by atoms with Crippen molar-refractivity contribution in [1.29, 1.82) is 0 Å². The first kappa shape index (κ1) is 23.6. The first-order chi connectivity index (χ1) is 13.2. The third-order valence-electron chi connectivity index (χ3n) is 3.56. The molecule has 0 spiro atoms. The van der Waals surface area contributed by atoms with Gasteiger partial charge in [-0.05, 0) is 26.8 Å². The number of rotatable bonds is 13. The molecular formula is C16H25N3O8Si. The zero-order chi connectivity index (χ0) is 21.2. The number of carbonyl (C=O) groups excluding carboxylic acids is 1. The van der Waals surface area contributed by atoms with Crippen molar-refractivity contribution >= 4 is 20.4 Å². The molecule has 0 aromatic heterocycles. The highest BCUT2D eigenvalue weighted by Crippen LogP contribution is 2.20. The highest BCUT2D eigenvalue weighted by Gasteiger charge is 2.42. The minimum Gasteiger partial charge on any atom is -0.374 e. The van der Waals surface area contributed by atoms with Gasteiger partial charge >= 0.3 is 8.80 Å². The minimum absolute atomic E-state index is 0.109. The van der Waals surface area contributed by atoms with Gasteiger partial charge in [-0.2, -0.15) is 0 Å². The highest BCUT2D eigenvalue weighted by atomic mass is 28.4. The maximum Gasteiger partial charge on any atom is 0.502 e. The second-order valence-electron chi connectivity index (χ2n) is 5.75. The van der Waals surface area contributed by atoms with Crippen molar-refractivity contribution in [2.24, 2.45) is 0 Å². The van der Waals surface area contributed by atoms with Gasteiger partial charge in [-0.1, -0.05) is 6.07 Å². The van der Waals surface area contributed by atoms with Gasteiger partial charge in [-0.3, -0.25) is 25.0 Å².